The van der Waals surface area contributed by atoms with Crippen LogP contribution in [0.1, 0.15) is 19.4 Å². The average Bonchev–Trinajstić information content (AvgIpc) is 2.31. The number of benzene rings is 1. The van der Waals surface area contributed by atoms with Gasteiger partial charge in [-0.15, -0.1) is 0 Å². The van der Waals surface area contributed by atoms with Gasteiger partial charge < -0.3 is 0 Å². The first-order valence-corrected chi connectivity index (χ1v) is 6.91. The van der Waals surface area contributed by atoms with Crippen molar-refractivity contribution in [1.82, 2.24) is 0 Å². The molecule has 92 valence electrons. The van der Waals surface area contributed by atoms with Crippen LogP contribution >= 0.6 is 0 Å². The first kappa shape index (κ1) is 13.5. The number of sulfonamides is 1. The van der Waals surface area contributed by atoms with Gasteiger partial charge in [0.2, 0.25) is 0 Å². The second-order valence-corrected chi connectivity index (χ2v) is 5.99. The van der Waals surface area contributed by atoms with Crippen molar-refractivity contribution in [3.05, 3.63) is 29.8 Å². The van der Waals surface area contributed by atoms with Crippen LogP contribution in [-0.4, -0.2) is 20.2 Å². The molecule has 0 fully saturated rings. The molecule has 0 aliphatic rings. The van der Waals surface area contributed by atoms with Crippen molar-refractivity contribution in [2.75, 3.05) is 10.8 Å². The third-order valence-electron chi connectivity index (χ3n) is 2.54. The minimum atomic E-state index is -3.59. The first-order valence-electron chi connectivity index (χ1n) is 5.41. The van der Waals surface area contributed by atoms with Crippen molar-refractivity contribution in [2.45, 2.75) is 26.0 Å². The predicted octanol–water partition coefficient (Wildman–Crippen LogP) is 2.06. The Bertz CT molecular complexity index is 514. The second-order valence-electron chi connectivity index (χ2n) is 3.82. The summed E-state index contributed by atoms with van der Waals surface area (Å²) in [5.41, 5.74) is 1.66. The summed E-state index contributed by atoms with van der Waals surface area (Å²) >= 11 is 0. The molecule has 1 rings (SSSR count). The van der Waals surface area contributed by atoms with E-state index in [2.05, 4.69) is 0 Å². The fourth-order valence-electron chi connectivity index (χ4n) is 1.48. The molecule has 1 atom stereocenters. The third-order valence-corrected chi connectivity index (χ3v) is 4.63. The average molecular weight is 252 g/mol. The molecule has 1 unspecified atom stereocenters. The van der Waals surface area contributed by atoms with Crippen LogP contribution in [0.3, 0.4) is 0 Å². The van der Waals surface area contributed by atoms with Gasteiger partial charge in [-0.1, -0.05) is 17.7 Å². The first-order chi connectivity index (χ1) is 7.93. The normalized spacial score (nSPS) is 12.8. The highest BCUT2D eigenvalue weighted by atomic mass is 32.2. The van der Waals surface area contributed by atoms with Crippen LogP contribution in [0.25, 0.3) is 0 Å². The molecule has 0 amide bonds. The highest BCUT2D eigenvalue weighted by Gasteiger charge is 2.27. The van der Waals surface area contributed by atoms with E-state index in [1.165, 1.54) is 11.2 Å². The summed E-state index contributed by atoms with van der Waals surface area (Å²) in [6.45, 7) is 5.40. The Balaban J connectivity index is 3.17. The third kappa shape index (κ3) is 2.77. The predicted molar refractivity (Wildman–Crippen MR) is 68.2 cm³/mol. The number of rotatable bonds is 4. The molecular weight excluding hydrogens is 236 g/mol. The van der Waals surface area contributed by atoms with Crippen molar-refractivity contribution in [2.24, 2.45) is 0 Å². The van der Waals surface area contributed by atoms with E-state index in [1.54, 1.807) is 25.1 Å². The molecule has 0 aliphatic carbocycles. The molecule has 1 aromatic carbocycles. The van der Waals surface area contributed by atoms with Gasteiger partial charge in [0.05, 0.1) is 11.8 Å². The zero-order chi connectivity index (χ0) is 13.1. The number of aryl methyl sites for hydroxylation is 1. The van der Waals surface area contributed by atoms with Gasteiger partial charge in [-0.05, 0) is 32.9 Å². The van der Waals surface area contributed by atoms with Crippen LogP contribution in [0, 0.1) is 18.3 Å². The maximum absolute atomic E-state index is 12.1. The zero-order valence-electron chi connectivity index (χ0n) is 10.2. The minimum Gasteiger partial charge on any atom is -0.269 e. The Hall–Kier alpha value is -1.54. The molecule has 0 aromatic heterocycles. The quantitative estimate of drug-likeness (QED) is 0.824. The van der Waals surface area contributed by atoms with Gasteiger partial charge in [0, 0.05) is 6.54 Å². The Labute approximate surface area is 103 Å². The van der Waals surface area contributed by atoms with Gasteiger partial charge in [-0.3, -0.25) is 4.31 Å². The van der Waals surface area contributed by atoms with Crippen LogP contribution in [0.2, 0.25) is 0 Å². The van der Waals surface area contributed by atoms with Gasteiger partial charge >= 0.3 is 0 Å². The molecule has 0 N–H and O–H groups in total. The number of nitrogens with zero attached hydrogens (tertiary/aromatic N) is 2. The van der Waals surface area contributed by atoms with E-state index in [9.17, 15) is 8.42 Å². The molecule has 17 heavy (non-hydrogen) atoms. The Morgan fingerprint density at radius 2 is 1.88 bits per heavy atom. The molecule has 0 radical (unpaired) electrons. The van der Waals surface area contributed by atoms with Gasteiger partial charge in [-0.25, -0.2) is 8.42 Å². The monoisotopic (exact) mass is 252 g/mol. The molecule has 0 saturated carbocycles. The van der Waals surface area contributed by atoms with Crippen LogP contribution in [0.15, 0.2) is 24.3 Å². The summed E-state index contributed by atoms with van der Waals surface area (Å²) in [5, 5.41) is 7.71. The van der Waals surface area contributed by atoms with E-state index in [0.29, 0.717) is 12.2 Å². The lowest BCUT2D eigenvalue weighted by molar-refractivity contribution is 0.587. The molecular formula is C12H16N2O2S. The van der Waals surface area contributed by atoms with E-state index in [1.807, 2.05) is 19.1 Å². The van der Waals surface area contributed by atoms with Gasteiger partial charge in [0.1, 0.15) is 0 Å². The largest absolute Gasteiger partial charge is 0.269 e. The Kier molecular flexibility index (Phi) is 4.13. The Morgan fingerprint density at radius 1 is 1.35 bits per heavy atom. The second kappa shape index (κ2) is 5.19. The molecule has 0 aliphatic heterocycles. The summed E-state index contributed by atoms with van der Waals surface area (Å²) in [7, 11) is -3.59. The summed E-state index contributed by atoms with van der Waals surface area (Å²) in [6.07, 6.45) is 0. The minimum absolute atomic E-state index is 0.317. The van der Waals surface area contributed by atoms with Gasteiger partial charge in [0.25, 0.3) is 10.0 Å². The molecule has 0 saturated heterocycles. The van der Waals surface area contributed by atoms with Crippen LogP contribution in [0.5, 0.6) is 0 Å². The number of hydrogen-bond acceptors (Lipinski definition) is 3. The maximum Gasteiger partial charge on any atom is 0.251 e. The van der Waals surface area contributed by atoms with E-state index in [-0.39, 0.29) is 0 Å². The van der Waals surface area contributed by atoms with Crippen LogP contribution in [-0.2, 0) is 10.0 Å². The van der Waals surface area contributed by atoms with Crippen molar-refractivity contribution in [3.8, 4) is 6.07 Å². The number of anilines is 1. The van der Waals surface area contributed by atoms with Crippen molar-refractivity contribution in [1.29, 1.82) is 5.26 Å². The highest BCUT2D eigenvalue weighted by Crippen LogP contribution is 2.20. The van der Waals surface area contributed by atoms with E-state index in [4.69, 9.17) is 5.26 Å². The summed E-state index contributed by atoms with van der Waals surface area (Å²) in [6, 6.07) is 8.98. The van der Waals surface area contributed by atoms with Crippen LogP contribution < -0.4 is 4.31 Å². The van der Waals surface area contributed by atoms with E-state index in [0.717, 1.165) is 5.56 Å². The van der Waals surface area contributed by atoms with E-state index >= 15 is 0 Å². The lowest BCUT2D eigenvalue weighted by Crippen LogP contribution is -2.36. The Morgan fingerprint density at radius 3 is 2.29 bits per heavy atom. The smallest absolute Gasteiger partial charge is 0.251 e. The van der Waals surface area contributed by atoms with E-state index < -0.39 is 15.3 Å². The zero-order valence-corrected chi connectivity index (χ0v) is 11.0. The summed E-state index contributed by atoms with van der Waals surface area (Å²) < 4.78 is 25.4. The lowest BCUT2D eigenvalue weighted by atomic mass is 10.2. The fourth-order valence-corrected chi connectivity index (χ4v) is 2.77. The molecule has 0 spiro atoms. The molecule has 1 aromatic rings. The highest BCUT2D eigenvalue weighted by molar-refractivity contribution is 7.93. The van der Waals surface area contributed by atoms with Gasteiger partial charge in [-0.2, -0.15) is 5.26 Å². The van der Waals surface area contributed by atoms with Crippen LogP contribution in [0.4, 0.5) is 5.69 Å². The number of nitriles is 1. The van der Waals surface area contributed by atoms with Crippen molar-refractivity contribution in [3.63, 3.8) is 0 Å². The standard InChI is InChI=1S/C12H16N2O2S/c1-4-14(17(15,16)11(3)9-13)12-7-5-10(2)6-8-12/h5-8,11H,4H2,1-3H3. The SMILES string of the molecule is CCN(c1ccc(C)cc1)S(=O)(=O)C(C)C#N. The molecule has 5 heteroatoms. The lowest BCUT2D eigenvalue weighted by Gasteiger charge is -2.24. The number of hydrogen-bond donors (Lipinski definition) is 0. The molecule has 0 heterocycles. The molecule has 0 bridgehead atoms. The summed E-state index contributed by atoms with van der Waals surface area (Å²) in [5.74, 6) is 0. The van der Waals surface area contributed by atoms with Gasteiger partial charge in [0.15, 0.2) is 5.25 Å². The topological polar surface area (TPSA) is 61.2 Å². The maximum atomic E-state index is 12.1. The van der Waals surface area contributed by atoms with Crippen molar-refractivity contribution >= 4 is 15.7 Å². The molecule has 4 nitrogen and oxygen atoms in total. The fraction of sp³-hybridized carbons (Fsp3) is 0.417. The summed E-state index contributed by atoms with van der Waals surface area (Å²) in [4.78, 5) is 0. The van der Waals surface area contributed by atoms with Crippen molar-refractivity contribution < 1.29 is 8.42 Å².